The van der Waals surface area contributed by atoms with E-state index in [1.54, 1.807) is 0 Å². The molecule has 0 bridgehead atoms. The summed E-state index contributed by atoms with van der Waals surface area (Å²) < 4.78 is 0. The highest BCUT2D eigenvalue weighted by molar-refractivity contribution is 5.56. The van der Waals surface area contributed by atoms with Crippen LogP contribution in [0.1, 0.15) is 123 Å². The van der Waals surface area contributed by atoms with E-state index in [0.717, 1.165) is 6.54 Å². The van der Waals surface area contributed by atoms with Gasteiger partial charge in [0.15, 0.2) is 0 Å². The Morgan fingerprint density at radius 2 is 0.909 bits per heavy atom. The van der Waals surface area contributed by atoms with Gasteiger partial charge in [-0.05, 0) is 25.5 Å². The minimum absolute atomic E-state index is 1.01. The van der Waals surface area contributed by atoms with Crippen LogP contribution >= 0.6 is 0 Å². The highest BCUT2D eigenvalue weighted by atomic mass is 14.7. The van der Waals surface area contributed by atoms with Gasteiger partial charge in [-0.15, -0.1) is 0 Å². The predicted octanol–water partition coefficient (Wildman–Crippen LogP) is 7.73. The molecule has 0 aromatic carbocycles. The summed E-state index contributed by atoms with van der Waals surface area (Å²) in [5, 5.41) is 0. The second-order valence-corrected chi connectivity index (χ2v) is 6.83. The molecular formula is C21H43N. The molecule has 0 aromatic heterocycles. The van der Waals surface area contributed by atoms with Crippen LogP contribution in [0.3, 0.4) is 0 Å². The lowest BCUT2D eigenvalue weighted by atomic mass is 10.0. The summed E-state index contributed by atoms with van der Waals surface area (Å²) in [6, 6.07) is 0. The quantitative estimate of drug-likeness (QED) is 0.181. The van der Waals surface area contributed by atoms with Crippen molar-refractivity contribution in [3.05, 3.63) is 0 Å². The van der Waals surface area contributed by atoms with Gasteiger partial charge in [0.05, 0.1) is 0 Å². The van der Waals surface area contributed by atoms with E-state index in [-0.39, 0.29) is 0 Å². The maximum atomic E-state index is 4.37. The monoisotopic (exact) mass is 309 g/mol. The van der Waals surface area contributed by atoms with Crippen molar-refractivity contribution in [2.75, 3.05) is 6.54 Å². The molecule has 1 heteroatoms. The van der Waals surface area contributed by atoms with Crippen LogP contribution in [-0.4, -0.2) is 12.8 Å². The van der Waals surface area contributed by atoms with Crippen LogP contribution in [0.15, 0.2) is 4.99 Å². The third-order valence-electron chi connectivity index (χ3n) is 4.42. The minimum atomic E-state index is 1.01. The Kier molecular flexibility index (Phi) is 20.4. The van der Waals surface area contributed by atoms with Gasteiger partial charge in [0.2, 0.25) is 0 Å². The zero-order valence-corrected chi connectivity index (χ0v) is 15.8. The fourth-order valence-corrected chi connectivity index (χ4v) is 2.92. The average Bonchev–Trinajstić information content (AvgIpc) is 2.54. The van der Waals surface area contributed by atoms with Crippen molar-refractivity contribution in [1.82, 2.24) is 0 Å². The zero-order chi connectivity index (χ0) is 16.1. The predicted molar refractivity (Wildman–Crippen MR) is 103 cm³/mol. The lowest BCUT2D eigenvalue weighted by Crippen LogP contribution is -1.84. The van der Waals surface area contributed by atoms with E-state index in [1.807, 2.05) is 0 Å². The van der Waals surface area contributed by atoms with Crippen molar-refractivity contribution in [2.45, 2.75) is 123 Å². The van der Waals surface area contributed by atoms with E-state index in [2.05, 4.69) is 25.1 Å². The van der Waals surface area contributed by atoms with E-state index in [1.165, 1.54) is 109 Å². The molecule has 1 nitrogen and oxygen atoms in total. The molecule has 22 heavy (non-hydrogen) atoms. The van der Waals surface area contributed by atoms with Crippen LogP contribution in [-0.2, 0) is 0 Å². The standard InChI is InChI=1S/C21H43N/c1-3-5-6-7-8-9-10-11-12-13-14-15-16-17-18-19-21-22-20-4-2/h21H,3-20H2,1-2H3. The Morgan fingerprint density at radius 1 is 0.500 bits per heavy atom. The van der Waals surface area contributed by atoms with E-state index in [9.17, 15) is 0 Å². The largest absolute Gasteiger partial charge is 0.298 e. The summed E-state index contributed by atoms with van der Waals surface area (Å²) in [5.74, 6) is 0. The summed E-state index contributed by atoms with van der Waals surface area (Å²) in [5.41, 5.74) is 0. The lowest BCUT2D eigenvalue weighted by Gasteiger charge is -2.03. The number of unbranched alkanes of at least 4 members (excludes halogenated alkanes) is 15. The van der Waals surface area contributed by atoms with Crippen molar-refractivity contribution in [2.24, 2.45) is 4.99 Å². The van der Waals surface area contributed by atoms with Gasteiger partial charge in [-0.25, -0.2) is 0 Å². The normalized spacial score (nSPS) is 11.5. The second kappa shape index (κ2) is 20.7. The highest BCUT2D eigenvalue weighted by Crippen LogP contribution is 2.13. The van der Waals surface area contributed by atoms with Crippen molar-refractivity contribution >= 4 is 6.21 Å². The third-order valence-corrected chi connectivity index (χ3v) is 4.42. The fraction of sp³-hybridized carbons (Fsp3) is 0.952. The molecule has 0 aliphatic carbocycles. The average molecular weight is 310 g/mol. The maximum absolute atomic E-state index is 4.37. The topological polar surface area (TPSA) is 12.4 Å². The van der Waals surface area contributed by atoms with Gasteiger partial charge in [-0.2, -0.15) is 0 Å². The SMILES string of the molecule is CCCCCCCCCCCCCCCCCC=NCCC. The van der Waals surface area contributed by atoms with Gasteiger partial charge >= 0.3 is 0 Å². The summed E-state index contributed by atoms with van der Waals surface area (Å²) in [6.45, 7) is 5.49. The van der Waals surface area contributed by atoms with Gasteiger partial charge in [-0.3, -0.25) is 4.99 Å². The van der Waals surface area contributed by atoms with E-state index in [0.29, 0.717) is 0 Å². The molecule has 0 fully saturated rings. The van der Waals surface area contributed by atoms with Crippen LogP contribution in [0.4, 0.5) is 0 Å². The van der Waals surface area contributed by atoms with E-state index in [4.69, 9.17) is 0 Å². The number of rotatable bonds is 18. The first-order chi connectivity index (χ1) is 10.9. The Morgan fingerprint density at radius 3 is 1.32 bits per heavy atom. The molecule has 0 aromatic rings. The first kappa shape index (κ1) is 21.7. The van der Waals surface area contributed by atoms with E-state index >= 15 is 0 Å². The molecule has 0 atom stereocenters. The molecule has 0 N–H and O–H groups in total. The van der Waals surface area contributed by atoms with Gasteiger partial charge < -0.3 is 0 Å². The third kappa shape index (κ3) is 19.7. The summed E-state index contributed by atoms with van der Waals surface area (Å²) in [7, 11) is 0. The van der Waals surface area contributed by atoms with Crippen LogP contribution in [0, 0.1) is 0 Å². The molecule has 0 aliphatic rings. The summed E-state index contributed by atoms with van der Waals surface area (Å²) in [4.78, 5) is 4.37. The number of aliphatic imine (C=N–C) groups is 1. The molecule has 0 heterocycles. The molecule has 0 rings (SSSR count). The van der Waals surface area contributed by atoms with Crippen LogP contribution in [0.25, 0.3) is 0 Å². The van der Waals surface area contributed by atoms with Crippen LogP contribution in [0.2, 0.25) is 0 Å². The van der Waals surface area contributed by atoms with Gasteiger partial charge in [0.1, 0.15) is 0 Å². The van der Waals surface area contributed by atoms with Crippen LogP contribution in [0.5, 0.6) is 0 Å². The molecule has 0 spiro atoms. The molecule has 0 amide bonds. The van der Waals surface area contributed by atoms with E-state index < -0.39 is 0 Å². The Bertz CT molecular complexity index is 210. The summed E-state index contributed by atoms with van der Waals surface area (Å²) in [6.07, 6.45) is 26.1. The molecule has 0 saturated heterocycles. The van der Waals surface area contributed by atoms with Gasteiger partial charge in [0, 0.05) is 6.54 Å². The second-order valence-electron chi connectivity index (χ2n) is 6.83. The number of nitrogens with zero attached hydrogens (tertiary/aromatic N) is 1. The molecule has 0 saturated carbocycles. The zero-order valence-electron chi connectivity index (χ0n) is 15.8. The maximum Gasteiger partial charge on any atom is 0.0382 e. The molecule has 0 radical (unpaired) electrons. The smallest absolute Gasteiger partial charge is 0.0382 e. The molecule has 132 valence electrons. The molecule has 0 aliphatic heterocycles. The number of hydrogen-bond acceptors (Lipinski definition) is 1. The Labute approximate surface area is 141 Å². The van der Waals surface area contributed by atoms with Crippen molar-refractivity contribution < 1.29 is 0 Å². The van der Waals surface area contributed by atoms with Gasteiger partial charge in [-0.1, -0.05) is 104 Å². The van der Waals surface area contributed by atoms with Crippen molar-refractivity contribution in [1.29, 1.82) is 0 Å². The van der Waals surface area contributed by atoms with Crippen LogP contribution < -0.4 is 0 Å². The first-order valence-electron chi connectivity index (χ1n) is 10.4. The Balaban J connectivity index is 2.97. The minimum Gasteiger partial charge on any atom is -0.298 e. The summed E-state index contributed by atoms with van der Waals surface area (Å²) >= 11 is 0. The first-order valence-corrected chi connectivity index (χ1v) is 10.4. The van der Waals surface area contributed by atoms with Gasteiger partial charge in [0.25, 0.3) is 0 Å². The molecule has 0 unspecified atom stereocenters. The van der Waals surface area contributed by atoms with Crippen molar-refractivity contribution in [3.63, 3.8) is 0 Å². The van der Waals surface area contributed by atoms with Crippen molar-refractivity contribution in [3.8, 4) is 0 Å². The lowest BCUT2D eigenvalue weighted by molar-refractivity contribution is 0.533. The number of hydrogen-bond donors (Lipinski definition) is 0. The Hall–Kier alpha value is -0.330. The fourth-order valence-electron chi connectivity index (χ4n) is 2.92. The highest BCUT2D eigenvalue weighted by Gasteiger charge is 1.94. The molecular weight excluding hydrogens is 266 g/mol.